The summed E-state index contributed by atoms with van der Waals surface area (Å²) < 4.78 is 0. The fourth-order valence-corrected chi connectivity index (χ4v) is 4.35. The van der Waals surface area contributed by atoms with E-state index in [0.717, 1.165) is 19.3 Å². The number of fused-ring (bicyclic) bond motifs is 1. The molecule has 1 aliphatic heterocycles. The van der Waals surface area contributed by atoms with Gasteiger partial charge in [0.05, 0.1) is 12.0 Å². The highest BCUT2D eigenvalue weighted by Gasteiger charge is 2.38. The molecule has 6 heteroatoms. The number of hydrogen-bond donors (Lipinski definition) is 2. The summed E-state index contributed by atoms with van der Waals surface area (Å²) in [6.07, 6.45) is 2.40. The quantitative estimate of drug-likeness (QED) is 0.716. The lowest BCUT2D eigenvalue weighted by molar-refractivity contribution is 0.0268. The lowest BCUT2D eigenvalue weighted by atomic mass is 9.75. The van der Waals surface area contributed by atoms with Crippen LogP contribution in [0.4, 0.5) is 0 Å². The van der Waals surface area contributed by atoms with E-state index in [1.807, 2.05) is 12.1 Å². The Balaban J connectivity index is 1.64. The molecule has 0 aliphatic carbocycles. The average Bonchev–Trinajstić information content (AvgIpc) is 2.76. The number of aryl methyl sites for hydroxylation is 1. The van der Waals surface area contributed by atoms with E-state index >= 15 is 0 Å². The number of aromatic nitrogens is 2. The van der Waals surface area contributed by atoms with Crippen molar-refractivity contribution < 1.29 is 9.90 Å². The van der Waals surface area contributed by atoms with E-state index in [0.29, 0.717) is 23.9 Å². The number of nitrogens with one attached hydrogen (secondary N) is 1. The number of H-pyrrole nitrogens is 1. The number of rotatable bonds is 4. The number of aliphatic hydroxyl groups excluding tert-OH is 1. The molecule has 4 rings (SSSR count). The summed E-state index contributed by atoms with van der Waals surface area (Å²) in [6.45, 7) is 3.17. The third kappa shape index (κ3) is 3.68. The van der Waals surface area contributed by atoms with Crippen molar-refractivity contribution in [3.05, 3.63) is 75.7 Å². The largest absolute Gasteiger partial charge is 0.396 e. The van der Waals surface area contributed by atoms with Gasteiger partial charge >= 0.3 is 0 Å². The summed E-state index contributed by atoms with van der Waals surface area (Å²) in [5.74, 6) is -0.209. The van der Waals surface area contributed by atoms with E-state index in [4.69, 9.17) is 0 Å². The fraction of sp³-hybridized carbons (Fsp3) is 0.348. The van der Waals surface area contributed by atoms with Gasteiger partial charge in [-0.25, -0.2) is 5.10 Å². The Labute approximate surface area is 169 Å². The molecule has 1 atom stereocenters. The number of carbonyl (C=O) groups is 1. The number of amides is 1. The van der Waals surface area contributed by atoms with Crippen molar-refractivity contribution in [2.75, 3.05) is 19.7 Å². The number of likely N-dealkylation sites (tertiary alicyclic amines) is 1. The van der Waals surface area contributed by atoms with E-state index in [-0.39, 0.29) is 29.2 Å². The second-order valence-electron chi connectivity index (χ2n) is 8.04. The molecule has 0 bridgehead atoms. The molecule has 0 saturated carbocycles. The van der Waals surface area contributed by atoms with Crippen molar-refractivity contribution in [2.45, 2.75) is 26.2 Å². The Morgan fingerprint density at radius 3 is 2.66 bits per heavy atom. The van der Waals surface area contributed by atoms with Crippen LogP contribution in [0.1, 0.15) is 34.5 Å². The number of aliphatic hydroxyl groups is 1. The monoisotopic (exact) mass is 391 g/mol. The van der Waals surface area contributed by atoms with E-state index in [1.165, 1.54) is 11.1 Å². The van der Waals surface area contributed by atoms with Gasteiger partial charge < -0.3 is 10.0 Å². The van der Waals surface area contributed by atoms with Crippen LogP contribution < -0.4 is 5.56 Å². The number of nitrogens with zero attached hydrogens (tertiary/aromatic N) is 2. The molecule has 150 valence electrons. The van der Waals surface area contributed by atoms with Gasteiger partial charge in [0, 0.05) is 23.9 Å². The smallest absolute Gasteiger partial charge is 0.274 e. The van der Waals surface area contributed by atoms with Gasteiger partial charge in [0.15, 0.2) is 5.69 Å². The average molecular weight is 391 g/mol. The summed E-state index contributed by atoms with van der Waals surface area (Å²) >= 11 is 0. The minimum absolute atomic E-state index is 0.0188. The second-order valence-corrected chi connectivity index (χ2v) is 8.04. The summed E-state index contributed by atoms with van der Waals surface area (Å²) in [7, 11) is 0. The number of piperidine rings is 1. The number of aromatic amines is 1. The lowest BCUT2D eigenvalue weighted by Gasteiger charge is -2.42. The zero-order valence-corrected chi connectivity index (χ0v) is 16.5. The van der Waals surface area contributed by atoms with Crippen LogP contribution in [-0.4, -0.2) is 45.8 Å². The third-order valence-electron chi connectivity index (χ3n) is 6.01. The van der Waals surface area contributed by atoms with Crippen molar-refractivity contribution in [3.8, 4) is 0 Å². The van der Waals surface area contributed by atoms with E-state index < -0.39 is 0 Å². The maximum Gasteiger partial charge on any atom is 0.274 e. The van der Waals surface area contributed by atoms with Gasteiger partial charge in [-0.1, -0.05) is 42.5 Å². The Hall–Kier alpha value is -2.99. The molecule has 6 nitrogen and oxygen atoms in total. The molecule has 1 amide bonds. The first-order valence-corrected chi connectivity index (χ1v) is 9.95. The van der Waals surface area contributed by atoms with Gasteiger partial charge in [-0.15, -0.1) is 0 Å². The van der Waals surface area contributed by atoms with Crippen LogP contribution in [-0.2, 0) is 6.42 Å². The third-order valence-corrected chi connectivity index (χ3v) is 6.01. The van der Waals surface area contributed by atoms with Gasteiger partial charge in [0.2, 0.25) is 0 Å². The molecule has 3 aromatic rings. The van der Waals surface area contributed by atoms with Crippen molar-refractivity contribution >= 4 is 16.7 Å². The zero-order valence-electron chi connectivity index (χ0n) is 16.5. The Morgan fingerprint density at radius 2 is 1.90 bits per heavy atom. The molecule has 1 aliphatic rings. The van der Waals surface area contributed by atoms with Crippen LogP contribution in [0.3, 0.4) is 0 Å². The lowest BCUT2D eigenvalue weighted by Crippen LogP contribution is -2.49. The molecule has 1 aromatic heterocycles. The molecule has 1 fully saturated rings. The topological polar surface area (TPSA) is 86.3 Å². The van der Waals surface area contributed by atoms with Crippen molar-refractivity contribution in [1.82, 2.24) is 15.1 Å². The normalized spacial score (nSPS) is 19.4. The molecule has 0 radical (unpaired) electrons. The maximum atomic E-state index is 13.3. The van der Waals surface area contributed by atoms with Gasteiger partial charge in [-0.3, -0.25) is 9.59 Å². The van der Waals surface area contributed by atoms with E-state index in [1.54, 1.807) is 29.2 Å². The van der Waals surface area contributed by atoms with Crippen LogP contribution in [0, 0.1) is 12.3 Å². The first-order chi connectivity index (χ1) is 14.0. The Bertz CT molecular complexity index is 1110. The molecule has 2 N–H and O–H groups in total. The van der Waals surface area contributed by atoms with Gasteiger partial charge in [-0.2, -0.15) is 5.10 Å². The van der Waals surface area contributed by atoms with Crippen LogP contribution >= 0.6 is 0 Å². The molecule has 2 heterocycles. The molecule has 0 spiro atoms. The predicted molar refractivity (Wildman–Crippen MR) is 112 cm³/mol. The number of benzene rings is 2. The molecule has 29 heavy (non-hydrogen) atoms. The maximum absolute atomic E-state index is 13.3. The number of hydrogen-bond acceptors (Lipinski definition) is 4. The van der Waals surface area contributed by atoms with Gasteiger partial charge in [0.1, 0.15) is 0 Å². The van der Waals surface area contributed by atoms with Crippen LogP contribution in [0.2, 0.25) is 0 Å². The Morgan fingerprint density at radius 1 is 1.17 bits per heavy atom. The molecular weight excluding hydrogens is 366 g/mol. The fourth-order valence-electron chi connectivity index (χ4n) is 4.35. The molecule has 1 saturated heterocycles. The SMILES string of the molecule is Cc1ccccc1C[C@]1(CO)CCCN(C(=O)c2n[nH]c(=O)c3ccccc23)C1. The molecular formula is C23H25N3O3. The summed E-state index contributed by atoms with van der Waals surface area (Å²) in [5, 5.41) is 17.8. The van der Waals surface area contributed by atoms with Crippen LogP contribution in [0.15, 0.2) is 53.3 Å². The van der Waals surface area contributed by atoms with Crippen LogP contribution in [0.25, 0.3) is 10.8 Å². The minimum atomic E-state index is -0.377. The molecule has 0 unspecified atom stereocenters. The highest BCUT2D eigenvalue weighted by atomic mass is 16.3. The minimum Gasteiger partial charge on any atom is -0.396 e. The number of carbonyl (C=O) groups excluding carboxylic acids is 1. The molecule has 2 aromatic carbocycles. The second kappa shape index (κ2) is 7.79. The van der Waals surface area contributed by atoms with E-state index in [9.17, 15) is 14.7 Å². The summed E-state index contributed by atoms with van der Waals surface area (Å²) in [6, 6.07) is 15.2. The van der Waals surface area contributed by atoms with Gasteiger partial charge in [-0.05, 0) is 43.4 Å². The van der Waals surface area contributed by atoms with Crippen LogP contribution in [0.5, 0.6) is 0 Å². The Kier molecular flexibility index (Phi) is 5.20. The highest BCUT2D eigenvalue weighted by Crippen LogP contribution is 2.35. The predicted octanol–water partition coefficient (Wildman–Crippen LogP) is 2.69. The first-order valence-electron chi connectivity index (χ1n) is 9.95. The highest BCUT2D eigenvalue weighted by molar-refractivity contribution is 6.04. The summed E-state index contributed by atoms with van der Waals surface area (Å²) in [5.41, 5.74) is 1.96. The van der Waals surface area contributed by atoms with Crippen molar-refractivity contribution in [1.29, 1.82) is 0 Å². The van der Waals surface area contributed by atoms with E-state index in [2.05, 4.69) is 29.3 Å². The standard InChI is InChI=1S/C23H25N3O3/c1-16-7-2-3-8-17(16)13-23(15-27)11-6-12-26(14-23)22(29)20-18-9-4-5-10-19(18)21(28)25-24-20/h2-5,7-10,27H,6,11-15H2,1H3,(H,25,28)/t23-/m1/s1. The van der Waals surface area contributed by atoms with Crippen molar-refractivity contribution in [2.24, 2.45) is 5.41 Å². The first kappa shape index (κ1) is 19.3. The van der Waals surface area contributed by atoms with Gasteiger partial charge in [0.25, 0.3) is 11.5 Å². The van der Waals surface area contributed by atoms with Crippen molar-refractivity contribution in [3.63, 3.8) is 0 Å². The summed E-state index contributed by atoms with van der Waals surface area (Å²) in [4.78, 5) is 27.1. The zero-order chi connectivity index (χ0) is 20.4.